The average Bonchev–Trinajstić information content (AvgIpc) is 3.14. The number of nitrogens with one attached hydrogen (secondary N) is 1. The number of rotatable bonds is 11. The third kappa shape index (κ3) is 6.84. The van der Waals surface area contributed by atoms with Gasteiger partial charge in [0.2, 0.25) is 5.91 Å². The number of aliphatic carboxylic acids is 1. The number of carboxylic acid groups (broad SMARTS) is 1. The van der Waals surface area contributed by atoms with Crippen LogP contribution in [0.25, 0.3) is 11.1 Å². The minimum absolute atomic E-state index is 0.00827. The summed E-state index contributed by atoms with van der Waals surface area (Å²) in [6.45, 7) is 6.44. The first-order valence-corrected chi connectivity index (χ1v) is 12.2. The quantitative estimate of drug-likeness (QED) is 0.484. The van der Waals surface area contributed by atoms with Crippen molar-refractivity contribution in [3.8, 4) is 11.1 Å². The molecule has 0 aliphatic heterocycles. The van der Waals surface area contributed by atoms with Gasteiger partial charge in [-0.3, -0.25) is 9.59 Å². The molecular weight excluding hydrogens is 444 g/mol. The molecule has 35 heavy (non-hydrogen) atoms. The maximum absolute atomic E-state index is 12.7. The van der Waals surface area contributed by atoms with Crippen LogP contribution in [0.1, 0.15) is 50.7 Å². The van der Waals surface area contributed by atoms with Crippen LogP contribution in [0.15, 0.2) is 48.5 Å². The van der Waals surface area contributed by atoms with Crippen LogP contribution in [0.4, 0.5) is 4.79 Å². The molecule has 1 aliphatic carbocycles. The van der Waals surface area contributed by atoms with Gasteiger partial charge in [-0.1, -0.05) is 69.3 Å². The van der Waals surface area contributed by atoms with Crippen LogP contribution in [0, 0.1) is 17.8 Å². The van der Waals surface area contributed by atoms with Gasteiger partial charge in [-0.05, 0) is 40.5 Å². The Kier molecular flexibility index (Phi) is 8.90. The third-order valence-corrected chi connectivity index (χ3v) is 6.54. The van der Waals surface area contributed by atoms with Gasteiger partial charge in [-0.25, -0.2) is 4.79 Å². The number of fused-ring (bicyclic) bond motifs is 3. The van der Waals surface area contributed by atoms with Gasteiger partial charge >= 0.3 is 12.1 Å². The molecule has 7 nitrogen and oxygen atoms in total. The number of nitrogens with zero attached hydrogens (tertiary/aromatic N) is 1. The Morgan fingerprint density at radius 3 is 2.11 bits per heavy atom. The Labute approximate surface area is 207 Å². The van der Waals surface area contributed by atoms with E-state index in [2.05, 4.69) is 43.4 Å². The SMILES string of the molecule is CC(C)C[C@H](CNC(=O)OCC1c2ccccc2-c2ccccc21)CC(=O)N(C)CC(C)C(=O)O. The highest BCUT2D eigenvalue weighted by Gasteiger charge is 2.29. The second-order valence-electron chi connectivity index (χ2n) is 9.92. The summed E-state index contributed by atoms with van der Waals surface area (Å²) in [7, 11) is 1.62. The van der Waals surface area contributed by atoms with E-state index in [0.717, 1.165) is 17.5 Å². The summed E-state index contributed by atoms with van der Waals surface area (Å²) < 4.78 is 5.62. The first-order valence-electron chi connectivity index (χ1n) is 12.2. The first kappa shape index (κ1) is 26.3. The van der Waals surface area contributed by atoms with Crippen LogP contribution in [0.3, 0.4) is 0 Å². The first-order chi connectivity index (χ1) is 16.7. The normalized spacial score (nSPS) is 14.1. The van der Waals surface area contributed by atoms with Crippen LogP contribution in [-0.4, -0.2) is 54.7 Å². The number of alkyl carbamates (subject to hydrolysis) is 1. The van der Waals surface area contributed by atoms with E-state index < -0.39 is 18.0 Å². The lowest BCUT2D eigenvalue weighted by Gasteiger charge is -2.24. The number of carbonyl (C=O) groups excluding carboxylic acids is 2. The van der Waals surface area contributed by atoms with E-state index >= 15 is 0 Å². The molecule has 2 amide bonds. The third-order valence-electron chi connectivity index (χ3n) is 6.54. The molecule has 2 atom stereocenters. The van der Waals surface area contributed by atoms with E-state index in [9.17, 15) is 14.4 Å². The smallest absolute Gasteiger partial charge is 0.407 e. The minimum atomic E-state index is -0.930. The zero-order valence-electron chi connectivity index (χ0n) is 21.0. The van der Waals surface area contributed by atoms with Crippen LogP contribution in [0.5, 0.6) is 0 Å². The van der Waals surface area contributed by atoms with Gasteiger partial charge in [0.25, 0.3) is 0 Å². The standard InChI is InChI=1S/C28H36N2O5/c1-18(2)13-20(14-26(31)30(4)16-19(3)27(32)33)15-29-28(34)35-17-25-23-11-7-5-9-21(23)22-10-6-8-12-24(22)25/h5-12,18-20,25H,13-17H2,1-4H3,(H,29,34)(H,32,33)/t19?,20-/m0/s1. The second kappa shape index (κ2) is 11.9. The molecule has 0 spiro atoms. The van der Waals surface area contributed by atoms with Crippen LogP contribution < -0.4 is 5.32 Å². The lowest BCUT2D eigenvalue weighted by atomic mass is 9.93. The molecule has 0 saturated carbocycles. The van der Waals surface area contributed by atoms with E-state index in [1.54, 1.807) is 14.0 Å². The number of carboxylic acids is 1. The Balaban J connectivity index is 1.55. The fourth-order valence-corrected chi connectivity index (χ4v) is 4.78. The number of amides is 2. The molecule has 0 saturated heterocycles. The Bertz CT molecular complexity index is 1010. The molecule has 2 N–H and O–H groups in total. The maximum Gasteiger partial charge on any atom is 0.407 e. The summed E-state index contributed by atoms with van der Waals surface area (Å²) in [6, 6.07) is 16.4. The Morgan fingerprint density at radius 1 is 1.00 bits per heavy atom. The summed E-state index contributed by atoms with van der Waals surface area (Å²) in [4.78, 5) is 37.8. The fraction of sp³-hybridized carbons (Fsp3) is 0.464. The van der Waals surface area contributed by atoms with Crippen molar-refractivity contribution in [3.63, 3.8) is 0 Å². The second-order valence-corrected chi connectivity index (χ2v) is 9.92. The van der Waals surface area contributed by atoms with Gasteiger partial charge in [0.15, 0.2) is 0 Å². The summed E-state index contributed by atoms with van der Waals surface area (Å²) >= 11 is 0. The van der Waals surface area contributed by atoms with Crippen molar-refractivity contribution >= 4 is 18.0 Å². The van der Waals surface area contributed by atoms with Crippen LogP contribution in [-0.2, 0) is 14.3 Å². The Morgan fingerprint density at radius 2 is 1.57 bits per heavy atom. The molecule has 3 rings (SSSR count). The highest BCUT2D eigenvalue weighted by molar-refractivity contribution is 5.79. The minimum Gasteiger partial charge on any atom is -0.481 e. The van der Waals surface area contributed by atoms with Crippen LogP contribution in [0.2, 0.25) is 0 Å². The largest absolute Gasteiger partial charge is 0.481 e. The van der Waals surface area contributed by atoms with E-state index in [1.165, 1.54) is 16.0 Å². The molecule has 1 unspecified atom stereocenters. The predicted octanol–water partition coefficient (Wildman–Crippen LogP) is 4.76. The molecule has 2 aromatic carbocycles. The predicted molar refractivity (Wildman–Crippen MR) is 135 cm³/mol. The zero-order chi connectivity index (χ0) is 25.5. The number of ether oxygens (including phenoxy) is 1. The van der Waals surface area contributed by atoms with Gasteiger partial charge < -0.3 is 20.1 Å². The maximum atomic E-state index is 12.7. The van der Waals surface area contributed by atoms with Gasteiger partial charge in [0.1, 0.15) is 6.61 Å². The number of carbonyl (C=O) groups is 3. The summed E-state index contributed by atoms with van der Waals surface area (Å²) in [6.07, 6.45) is 0.503. The summed E-state index contributed by atoms with van der Waals surface area (Å²) in [5.74, 6) is -1.41. The highest BCUT2D eigenvalue weighted by atomic mass is 16.5. The Hall–Kier alpha value is -3.35. The molecule has 188 valence electrons. The molecule has 0 aromatic heterocycles. The summed E-state index contributed by atoms with van der Waals surface area (Å²) in [5, 5.41) is 11.9. The molecular formula is C28H36N2O5. The molecule has 0 bridgehead atoms. The zero-order valence-corrected chi connectivity index (χ0v) is 21.0. The van der Waals surface area contributed by atoms with Gasteiger partial charge in [-0.15, -0.1) is 0 Å². The fourth-order valence-electron chi connectivity index (χ4n) is 4.78. The molecule has 2 aromatic rings. The average molecular weight is 481 g/mol. The number of hydrogen-bond acceptors (Lipinski definition) is 4. The van der Waals surface area contributed by atoms with Crippen molar-refractivity contribution in [1.29, 1.82) is 0 Å². The van der Waals surface area contributed by atoms with Crippen molar-refractivity contribution < 1.29 is 24.2 Å². The highest BCUT2D eigenvalue weighted by Crippen LogP contribution is 2.44. The van der Waals surface area contributed by atoms with E-state index in [0.29, 0.717) is 12.5 Å². The van der Waals surface area contributed by atoms with Gasteiger partial charge in [0.05, 0.1) is 5.92 Å². The van der Waals surface area contributed by atoms with Crippen molar-refractivity contribution in [3.05, 3.63) is 59.7 Å². The molecule has 7 heteroatoms. The lowest BCUT2D eigenvalue weighted by molar-refractivity contribution is -0.142. The van der Waals surface area contributed by atoms with E-state index in [-0.39, 0.29) is 37.3 Å². The van der Waals surface area contributed by atoms with Gasteiger partial charge in [-0.2, -0.15) is 0 Å². The monoisotopic (exact) mass is 480 g/mol. The van der Waals surface area contributed by atoms with Crippen molar-refractivity contribution in [2.24, 2.45) is 17.8 Å². The molecule has 0 fully saturated rings. The molecule has 0 radical (unpaired) electrons. The van der Waals surface area contributed by atoms with Crippen molar-refractivity contribution in [2.45, 2.75) is 39.5 Å². The van der Waals surface area contributed by atoms with Crippen molar-refractivity contribution in [2.75, 3.05) is 26.7 Å². The summed E-state index contributed by atoms with van der Waals surface area (Å²) in [5.41, 5.74) is 4.66. The topological polar surface area (TPSA) is 95.9 Å². The number of hydrogen-bond donors (Lipinski definition) is 2. The van der Waals surface area contributed by atoms with Crippen molar-refractivity contribution in [1.82, 2.24) is 10.2 Å². The van der Waals surface area contributed by atoms with E-state index in [4.69, 9.17) is 9.84 Å². The lowest BCUT2D eigenvalue weighted by Crippen LogP contribution is -2.37. The van der Waals surface area contributed by atoms with Gasteiger partial charge in [0, 0.05) is 32.5 Å². The van der Waals surface area contributed by atoms with Crippen LogP contribution >= 0.6 is 0 Å². The molecule has 0 heterocycles. The van der Waals surface area contributed by atoms with E-state index in [1.807, 2.05) is 24.3 Å². The number of benzene rings is 2. The molecule has 1 aliphatic rings.